The van der Waals surface area contributed by atoms with Crippen LogP contribution in [-0.4, -0.2) is 61.5 Å². The van der Waals surface area contributed by atoms with Gasteiger partial charge in [-0.1, -0.05) is 12.1 Å². The third-order valence-corrected chi connectivity index (χ3v) is 7.97. The van der Waals surface area contributed by atoms with Crippen molar-refractivity contribution in [3.8, 4) is 22.1 Å². The van der Waals surface area contributed by atoms with Crippen molar-refractivity contribution >= 4 is 44.7 Å². The van der Waals surface area contributed by atoms with Crippen LogP contribution in [0.4, 0.5) is 11.4 Å². The number of likely N-dealkylation sites (N-methyl/N-ethyl adjacent to an activating group) is 1. The number of rotatable bonds is 13. The van der Waals surface area contributed by atoms with Crippen LogP contribution >= 0.6 is 23.1 Å². The molecule has 0 spiro atoms. The molecule has 0 radical (unpaired) electrons. The normalized spacial score (nSPS) is 11.1. The van der Waals surface area contributed by atoms with Gasteiger partial charge >= 0.3 is 0 Å². The zero-order chi connectivity index (χ0) is 26.2. The molecule has 1 heterocycles. The molecule has 1 N–H and O–H groups in total. The molecule has 0 aliphatic carbocycles. The molecule has 194 valence electrons. The summed E-state index contributed by atoms with van der Waals surface area (Å²) in [5.41, 5.74) is 3.40. The molecule has 3 aromatic carbocycles. The highest BCUT2D eigenvalue weighted by Crippen LogP contribution is 2.36. The Morgan fingerprint density at radius 3 is 2.51 bits per heavy atom. The predicted octanol–water partition coefficient (Wildman–Crippen LogP) is 6.17. The zero-order valence-corrected chi connectivity index (χ0v) is 22.7. The highest BCUT2D eigenvalue weighted by molar-refractivity contribution is 7.98. The number of anilines is 1. The molecule has 0 unspecified atom stereocenters. The lowest BCUT2D eigenvalue weighted by Gasteiger charge is -2.17. The van der Waals surface area contributed by atoms with Gasteiger partial charge in [0.05, 0.1) is 29.4 Å². The fourth-order valence-electron chi connectivity index (χ4n) is 3.75. The standard InChI is InChI=1S/C27H30N4O4S2/c1-30(14-15-36-18-19-4-7-21(34-2)8-5-19)13-12-28-23-10-6-20(16-25(23)31(32)33)27-29-24-11-9-22(35-3)17-26(24)37-27/h4-11,16-17,28H,12-15,18H2,1-3H3. The van der Waals surface area contributed by atoms with Crippen molar-refractivity contribution in [2.75, 3.05) is 52.0 Å². The number of methoxy groups -OCH3 is 2. The summed E-state index contributed by atoms with van der Waals surface area (Å²) in [7, 11) is 5.36. The first-order chi connectivity index (χ1) is 18.0. The van der Waals surface area contributed by atoms with E-state index in [0.717, 1.165) is 56.9 Å². The Labute approximate surface area is 224 Å². The van der Waals surface area contributed by atoms with E-state index in [1.54, 1.807) is 26.4 Å². The summed E-state index contributed by atoms with van der Waals surface area (Å²) < 4.78 is 11.5. The average Bonchev–Trinajstić information content (AvgIpc) is 3.35. The quantitative estimate of drug-likeness (QED) is 0.123. The maximum Gasteiger partial charge on any atom is 0.293 e. The molecule has 1 aromatic heterocycles. The molecule has 4 rings (SSSR count). The molecule has 37 heavy (non-hydrogen) atoms. The molecular formula is C27H30N4O4S2. The first-order valence-corrected chi connectivity index (χ1v) is 13.8. The van der Waals surface area contributed by atoms with Crippen molar-refractivity contribution in [3.63, 3.8) is 0 Å². The van der Waals surface area contributed by atoms with E-state index in [0.29, 0.717) is 12.2 Å². The van der Waals surface area contributed by atoms with Gasteiger partial charge in [-0.3, -0.25) is 10.1 Å². The molecule has 8 nitrogen and oxygen atoms in total. The van der Waals surface area contributed by atoms with Crippen LogP contribution in [0.15, 0.2) is 60.7 Å². The van der Waals surface area contributed by atoms with Gasteiger partial charge in [-0.25, -0.2) is 4.98 Å². The number of hydrogen-bond acceptors (Lipinski definition) is 9. The Kier molecular flexibility index (Phi) is 9.21. The molecule has 4 aromatic rings. The van der Waals surface area contributed by atoms with Crippen LogP contribution in [-0.2, 0) is 5.75 Å². The third kappa shape index (κ3) is 7.12. The van der Waals surface area contributed by atoms with Crippen molar-refractivity contribution < 1.29 is 14.4 Å². The molecule has 10 heteroatoms. The van der Waals surface area contributed by atoms with Crippen molar-refractivity contribution in [3.05, 3.63) is 76.3 Å². The number of hydrogen-bond donors (Lipinski definition) is 1. The Morgan fingerprint density at radius 1 is 1.03 bits per heavy atom. The van der Waals surface area contributed by atoms with Gasteiger partial charge < -0.3 is 19.7 Å². The second-order valence-corrected chi connectivity index (χ2v) is 10.6. The van der Waals surface area contributed by atoms with Crippen LogP contribution in [0.5, 0.6) is 11.5 Å². The van der Waals surface area contributed by atoms with Crippen LogP contribution in [0.25, 0.3) is 20.8 Å². The number of nitro benzene ring substituents is 1. The van der Waals surface area contributed by atoms with E-state index in [1.807, 2.05) is 48.2 Å². The van der Waals surface area contributed by atoms with Crippen molar-refractivity contribution in [1.82, 2.24) is 9.88 Å². The largest absolute Gasteiger partial charge is 0.497 e. The Hall–Kier alpha value is -3.34. The minimum absolute atomic E-state index is 0.0482. The summed E-state index contributed by atoms with van der Waals surface area (Å²) in [6.07, 6.45) is 0. The Morgan fingerprint density at radius 2 is 1.78 bits per heavy atom. The lowest BCUT2D eigenvalue weighted by Crippen LogP contribution is -2.27. The van der Waals surface area contributed by atoms with Crippen molar-refractivity contribution in [1.29, 1.82) is 0 Å². The number of nitrogens with zero attached hydrogens (tertiary/aromatic N) is 3. The minimum Gasteiger partial charge on any atom is -0.497 e. The van der Waals surface area contributed by atoms with Gasteiger partial charge in [0.2, 0.25) is 0 Å². The number of ether oxygens (including phenoxy) is 2. The summed E-state index contributed by atoms with van der Waals surface area (Å²) in [4.78, 5) is 18.3. The molecule has 0 amide bonds. The second-order valence-electron chi connectivity index (χ2n) is 8.47. The molecule has 0 aliphatic rings. The number of thiazole rings is 1. The van der Waals surface area contributed by atoms with Crippen LogP contribution in [0.2, 0.25) is 0 Å². The summed E-state index contributed by atoms with van der Waals surface area (Å²) >= 11 is 3.37. The van der Waals surface area contributed by atoms with Gasteiger partial charge in [0.25, 0.3) is 5.69 Å². The second kappa shape index (κ2) is 12.8. The molecular weight excluding hydrogens is 508 g/mol. The van der Waals surface area contributed by atoms with Gasteiger partial charge in [0.1, 0.15) is 22.2 Å². The molecule has 0 bridgehead atoms. The van der Waals surface area contributed by atoms with Crippen molar-refractivity contribution in [2.24, 2.45) is 0 Å². The average molecular weight is 539 g/mol. The first kappa shape index (κ1) is 26.7. The highest BCUT2D eigenvalue weighted by Gasteiger charge is 2.17. The van der Waals surface area contributed by atoms with E-state index in [4.69, 9.17) is 9.47 Å². The number of nitrogens with one attached hydrogen (secondary N) is 1. The maximum atomic E-state index is 11.8. The van der Waals surface area contributed by atoms with Crippen LogP contribution in [0.1, 0.15) is 5.56 Å². The zero-order valence-electron chi connectivity index (χ0n) is 21.1. The third-order valence-electron chi connectivity index (χ3n) is 5.89. The Bertz CT molecular complexity index is 1340. The molecule has 0 saturated carbocycles. The number of aromatic nitrogens is 1. The van der Waals surface area contributed by atoms with E-state index in [1.165, 1.54) is 16.9 Å². The van der Waals surface area contributed by atoms with Gasteiger partial charge in [-0.05, 0) is 55.1 Å². The van der Waals surface area contributed by atoms with Crippen molar-refractivity contribution in [2.45, 2.75) is 5.75 Å². The Balaban J connectivity index is 1.28. The van der Waals surface area contributed by atoms with Gasteiger partial charge in [0.15, 0.2) is 0 Å². The SMILES string of the molecule is COc1ccc(CSCCN(C)CCNc2ccc(-c3nc4ccc(OC)cc4s3)cc2[N+](=O)[O-])cc1. The summed E-state index contributed by atoms with van der Waals surface area (Å²) in [5, 5.41) is 15.8. The lowest BCUT2D eigenvalue weighted by atomic mass is 10.1. The topological polar surface area (TPSA) is 89.8 Å². The number of nitro groups is 1. The summed E-state index contributed by atoms with van der Waals surface area (Å²) in [6.45, 7) is 2.33. The van der Waals surface area contributed by atoms with E-state index in [-0.39, 0.29) is 10.6 Å². The minimum atomic E-state index is -0.346. The van der Waals surface area contributed by atoms with Gasteiger partial charge in [-0.15, -0.1) is 11.3 Å². The number of benzene rings is 3. The molecule has 0 fully saturated rings. The maximum absolute atomic E-state index is 11.8. The smallest absolute Gasteiger partial charge is 0.293 e. The number of thioether (sulfide) groups is 1. The van der Waals surface area contributed by atoms with Crippen LogP contribution in [0, 0.1) is 10.1 Å². The van der Waals surface area contributed by atoms with Crippen LogP contribution in [0.3, 0.4) is 0 Å². The van der Waals surface area contributed by atoms with E-state index >= 15 is 0 Å². The highest BCUT2D eigenvalue weighted by atomic mass is 32.2. The molecule has 0 aliphatic heterocycles. The first-order valence-electron chi connectivity index (χ1n) is 11.8. The van der Waals surface area contributed by atoms with Crippen LogP contribution < -0.4 is 14.8 Å². The molecule has 0 saturated heterocycles. The van der Waals surface area contributed by atoms with E-state index in [2.05, 4.69) is 34.4 Å². The summed E-state index contributed by atoms with van der Waals surface area (Å²) in [5.74, 6) is 3.59. The lowest BCUT2D eigenvalue weighted by molar-refractivity contribution is -0.383. The predicted molar refractivity (Wildman–Crippen MR) is 153 cm³/mol. The van der Waals surface area contributed by atoms with E-state index in [9.17, 15) is 10.1 Å². The van der Waals surface area contributed by atoms with Gasteiger partial charge in [0, 0.05) is 42.8 Å². The monoisotopic (exact) mass is 538 g/mol. The summed E-state index contributed by atoms with van der Waals surface area (Å²) in [6, 6.07) is 19.1. The number of fused-ring (bicyclic) bond motifs is 1. The fourth-order valence-corrected chi connectivity index (χ4v) is 5.75. The fraction of sp³-hybridized carbons (Fsp3) is 0.296. The molecule has 0 atom stereocenters. The van der Waals surface area contributed by atoms with E-state index < -0.39 is 0 Å². The van der Waals surface area contributed by atoms with Gasteiger partial charge in [-0.2, -0.15) is 11.8 Å².